The first kappa shape index (κ1) is 37.3. The lowest BCUT2D eigenvalue weighted by Gasteiger charge is -2.25. The highest BCUT2D eigenvalue weighted by Gasteiger charge is 2.27. The molecule has 0 aromatic carbocycles. The van der Waals surface area contributed by atoms with Gasteiger partial charge in [0.15, 0.2) is 0 Å². The molecule has 0 atom stereocenters. The molecule has 0 aromatic rings. The van der Waals surface area contributed by atoms with Crippen molar-refractivity contribution < 1.29 is 29.0 Å². The summed E-state index contributed by atoms with van der Waals surface area (Å²) in [5, 5.41) is 0. The van der Waals surface area contributed by atoms with Crippen molar-refractivity contribution in [3.8, 4) is 0 Å². The van der Waals surface area contributed by atoms with E-state index < -0.39 is 10.4 Å². The highest BCUT2D eigenvalue weighted by molar-refractivity contribution is 7.79. The van der Waals surface area contributed by atoms with Gasteiger partial charge in [-0.3, -0.25) is 8.42 Å². The normalized spacial score (nSPS) is 11.9. The third-order valence-corrected chi connectivity index (χ3v) is 6.36. The van der Waals surface area contributed by atoms with Crippen LogP contribution in [0.5, 0.6) is 0 Å². The molecule has 0 rings (SSSR count). The van der Waals surface area contributed by atoms with E-state index in [1.165, 1.54) is 116 Å². The monoisotopic (exact) mass is 496 g/mol. The molecule has 0 amide bonds. The SMILES string of the molecule is CCCCC([NH3+])(CCCC)CCCC.CCCCC([NH3+])(CCCC)CCCC.O=S(=O)([O-])[O-]. The zero-order chi connectivity index (χ0) is 26.2. The first-order valence-corrected chi connectivity index (χ1v) is 15.1. The second-order valence-electron chi connectivity index (χ2n) is 10.0. The number of quaternary nitrogens is 2. The third-order valence-electron chi connectivity index (χ3n) is 6.36. The number of hydrogen-bond donors (Lipinski definition) is 2. The van der Waals surface area contributed by atoms with Crippen molar-refractivity contribution in [1.82, 2.24) is 0 Å². The quantitative estimate of drug-likeness (QED) is 0.185. The molecule has 0 aliphatic carbocycles. The van der Waals surface area contributed by atoms with E-state index in [0.717, 1.165) is 0 Å². The van der Waals surface area contributed by atoms with Crippen LogP contribution in [0.15, 0.2) is 0 Å². The maximum absolute atomic E-state index is 8.52. The molecular formula is C26H60N2O4S. The molecule has 0 radical (unpaired) electrons. The lowest BCUT2D eigenvalue weighted by Crippen LogP contribution is -2.72. The fourth-order valence-electron chi connectivity index (χ4n) is 4.06. The maximum Gasteiger partial charge on any atom is 0.0945 e. The van der Waals surface area contributed by atoms with Gasteiger partial charge in [-0.2, -0.15) is 0 Å². The fraction of sp³-hybridized carbons (Fsp3) is 1.00. The average molecular weight is 497 g/mol. The van der Waals surface area contributed by atoms with Gasteiger partial charge in [-0.25, -0.2) is 0 Å². The van der Waals surface area contributed by atoms with Crippen LogP contribution in [0.25, 0.3) is 0 Å². The van der Waals surface area contributed by atoms with Gasteiger partial charge in [0, 0.05) is 48.9 Å². The maximum atomic E-state index is 8.52. The van der Waals surface area contributed by atoms with Crippen molar-refractivity contribution in [2.45, 2.75) is 168 Å². The average Bonchev–Trinajstić information content (AvgIpc) is 2.75. The van der Waals surface area contributed by atoms with E-state index in [-0.39, 0.29) is 0 Å². The van der Waals surface area contributed by atoms with Gasteiger partial charge < -0.3 is 20.6 Å². The van der Waals surface area contributed by atoms with Gasteiger partial charge in [0.1, 0.15) is 0 Å². The Bertz CT molecular complexity index is 417. The second kappa shape index (κ2) is 23.5. The molecule has 0 saturated carbocycles. The molecule has 0 fully saturated rings. The van der Waals surface area contributed by atoms with E-state index in [1.807, 2.05) is 0 Å². The lowest BCUT2D eigenvalue weighted by molar-refractivity contribution is -0.484. The Morgan fingerprint density at radius 2 is 0.606 bits per heavy atom. The molecule has 0 saturated heterocycles. The van der Waals surface area contributed by atoms with E-state index >= 15 is 0 Å². The molecule has 0 unspecified atom stereocenters. The first-order chi connectivity index (χ1) is 15.4. The van der Waals surface area contributed by atoms with Gasteiger partial charge in [-0.05, 0) is 38.5 Å². The van der Waals surface area contributed by atoms with Gasteiger partial charge in [0.25, 0.3) is 0 Å². The molecule has 6 nitrogen and oxygen atoms in total. The summed E-state index contributed by atoms with van der Waals surface area (Å²) in [6, 6.07) is 0. The smallest absolute Gasteiger partial charge is 0.0945 e. The van der Waals surface area contributed by atoms with Crippen LogP contribution in [0.1, 0.15) is 157 Å². The zero-order valence-electron chi connectivity index (χ0n) is 23.2. The van der Waals surface area contributed by atoms with E-state index in [1.54, 1.807) is 0 Å². The molecule has 0 bridgehead atoms. The summed E-state index contributed by atoms with van der Waals surface area (Å²) in [7, 11) is -5.17. The zero-order valence-corrected chi connectivity index (χ0v) is 24.0. The number of unbranched alkanes of at least 4 members (excludes halogenated alkanes) is 6. The standard InChI is InChI=1S/2C13H29N.H2O4S/c2*1-4-7-10-13(14,11-8-5-2)12-9-6-3;1-5(2,3)4/h2*4-12,14H2,1-3H3;(H2,1,2,3,4). The molecular weight excluding hydrogens is 436 g/mol. The van der Waals surface area contributed by atoms with Crippen LogP contribution in [0, 0.1) is 0 Å². The van der Waals surface area contributed by atoms with Crippen molar-refractivity contribution in [3.05, 3.63) is 0 Å². The van der Waals surface area contributed by atoms with E-state index in [0.29, 0.717) is 11.1 Å². The van der Waals surface area contributed by atoms with Crippen molar-refractivity contribution in [1.29, 1.82) is 0 Å². The Hall–Kier alpha value is -0.210. The summed E-state index contributed by atoms with van der Waals surface area (Å²) in [4.78, 5) is 0. The lowest BCUT2D eigenvalue weighted by atomic mass is 9.84. The van der Waals surface area contributed by atoms with Crippen LogP contribution in [0.4, 0.5) is 0 Å². The molecule has 0 aliphatic rings. The molecule has 0 spiro atoms. The molecule has 6 N–H and O–H groups in total. The molecule has 33 heavy (non-hydrogen) atoms. The predicted octanol–water partition coefficient (Wildman–Crippen LogP) is 5.74. The third kappa shape index (κ3) is 31.8. The predicted molar refractivity (Wildman–Crippen MR) is 139 cm³/mol. The van der Waals surface area contributed by atoms with Crippen molar-refractivity contribution in [2.24, 2.45) is 0 Å². The molecule has 204 valence electrons. The minimum absolute atomic E-state index is 0.405. The summed E-state index contributed by atoms with van der Waals surface area (Å²) in [6.07, 6.45) is 24.1. The van der Waals surface area contributed by atoms with Crippen LogP contribution in [0.2, 0.25) is 0 Å². The van der Waals surface area contributed by atoms with Crippen molar-refractivity contribution in [2.75, 3.05) is 0 Å². The highest BCUT2D eigenvalue weighted by atomic mass is 32.3. The van der Waals surface area contributed by atoms with Gasteiger partial charge >= 0.3 is 0 Å². The van der Waals surface area contributed by atoms with Crippen molar-refractivity contribution >= 4 is 10.4 Å². The van der Waals surface area contributed by atoms with Gasteiger partial charge in [0.2, 0.25) is 0 Å². The fourth-order valence-corrected chi connectivity index (χ4v) is 4.06. The Labute approximate surface area is 207 Å². The summed E-state index contributed by atoms with van der Waals surface area (Å²) in [5.74, 6) is 0. The molecule has 0 heterocycles. The molecule has 0 aliphatic heterocycles. The molecule has 0 aromatic heterocycles. The Kier molecular flexibility index (Phi) is 26.6. The Morgan fingerprint density at radius 1 is 0.485 bits per heavy atom. The van der Waals surface area contributed by atoms with E-state index in [9.17, 15) is 0 Å². The van der Waals surface area contributed by atoms with Crippen LogP contribution in [0.3, 0.4) is 0 Å². The van der Waals surface area contributed by atoms with Crippen LogP contribution < -0.4 is 11.5 Å². The molecule has 7 heteroatoms. The number of rotatable bonds is 18. The minimum atomic E-state index is -5.17. The number of hydrogen-bond acceptors (Lipinski definition) is 4. The summed E-state index contributed by atoms with van der Waals surface area (Å²) in [6.45, 7) is 13.7. The van der Waals surface area contributed by atoms with Gasteiger partial charge in [-0.1, -0.05) is 80.1 Å². The summed E-state index contributed by atoms with van der Waals surface area (Å²) < 4.78 is 34.1. The van der Waals surface area contributed by atoms with Gasteiger partial charge in [-0.15, -0.1) is 0 Å². The Balaban J connectivity index is -0.000000453. The van der Waals surface area contributed by atoms with Crippen molar-refractivity contribution in [3.63, 3.8) is 0 Å². The van der Waals surface area contributed by atoms with E-state index in [2.05, 4.69) is 53.0 Å². The highest BCUT2D eigenvalue weighted by Crippen LogP contribution is 2.23. The summed E-state index contributed by atoms with van der Waals surface area (Å²) in [5.41, 5.74) is 9.77. The summed E-state index contributed by atoms with van der Waals surface area (Å²) >= 11 is 0. The van der Waals surface area contributed by atoms with Crippen LogP contribution >= 0.6 is 0 Å². The van der Waals surface area contributed by atoms with Crippen LogP contribution in [-0.2, 0) is 10.4 Å². The first-order valence-electron chi connectivity index (χ1n) is 13.7. The Morgan fingerprint density at radius 3 is 0.697 bits per heavy atom. The van der Waals surface area contributed by atoms with Gasteiger partial charge in [0.05, 0.1) is 11.1 Å². The van der Waals surface area contributed by atoms with E-state index in [4.69, 9.17) is 17.5 Å². The largest absolute Gasteiger partial charge is 0.759 e. The van der Waals surface area contributed by atoms with Crippen LogP contribution in [-0.4, -0.2) is 28.6 Å². The minimum Gasteiger partial charge on any atom is -0.759 e. The topological polar surface area (TPSA) is 136 Å². The second-order valence-corrected chi connectivity index (χ2v) is 10.8.